The van der Waals surface area contributed by atoms with Crippen LogP contribution in [0.15, 0.2) is 0 Å². The van der Waals surface area contributed by atoms with Crippen LogP contribution in [0.25, 0.3) is 0 Å². The molecule has 0 saturated carbocycles. The van der Waals surface area contributed by atoms with E-state index in [-0.39, 0.29) is 5.92 Å². The van der Waals surface area contributed by atoms with Crippen LogP contribution in [0, 0.1) is 5.92 Å². The Labute approximate surface area is 105 Å². The molecule has 2 aliphatic heterocycles. The second-order valence-corrected chi connectivity index (χ2v) is 4.47. The molecule has 0 aromatic rings. The van der Waals surface area contributed by atoms with E-state index in [1.54, 1.807) is 0 Å². The Hall–Kier alpha value is -0.610. The first-order chi connectivity index (χ1) is 8.27. The predicted octanol–water partition coefficient (Wildman–Crippen LogP) is 1.21. The second-order valence-electron chi connectivity index (χ2n) is 4.47. The van der Waals surface area contributed by atoms with Crippen molar-refractivity contribution in [2.45, 2.75) is 27.2 Å². The fraction of sp³-hybridized carbons (Fsp3) is 0.923. The highest BCUT2D eigenvalue weighted by atomic mass is 16.5. The van der Waals surface area contributed by atoms with Crippen molar-refractivity contribution in [3.05, 3.63) is 0 Å². The molecular formula is C13H26N2O2. The fourth-order valence-electron chi connectivity index (χ4n) is 2.20. The minimum Gasteiger partial charge on any atom is -0.379 e. The molecule has 1 amide bonds. The highest BCUT2D eigenvalue weighted by Gasteiger charge is 2.27. The number of morpholine rings is 1. The summed E-state index contributed by atoms with van der Waals surface area (Å²) in [5.41, 5.74) is 0. The average Bonchev–Trinajstić information content (AvgIpc) is 2.71. The molecule has 0 aromatic heterocycles. The SMILES string of the molecule is CC.CC1CCN(CCN2CCOCC2)C1=O. The molecule has 0 aliphatic carbocycles. The lowest BCUT2D eigenvalue weighted by molar-refractivity contribution is -0.130. The number of ether oxygens (including phenoxy) is 1. The van der Waals surface area contributed by atoms with E-state index < -0.39 is 0 Å². The molecule has 0 N–H and O–H groups in total. The Kier molecular flexibility index (Phi) is 6.52. The molecule has 2 aliphatic rings. The Bertz CT molecular complexity index is 227. The van der Waals surface area contributed by atoms with Gasteiger partial charge in [0.25, 0.3) is 0 Å². The standard InChI is InChI=1S/C11H20N2O2.C2H6/c1-10-2-3-13(11(10)14)5-4-12-6-8-15-9-7-12;1-2/h10H,2-9H2,1H3;1-2H3. The van der Waals surface area contributed by atoms with E-state index in [0.717, 1.165) is 52.4 Å². The number of nitrogens with zero attached hydrogens (tertiary/aromatic N) is 2. The first-order valence-corrected chi connectivity index (χ1v) is 6.86. The molecule has 1 atom stereocenters. The van der Waals surface area contributed by atoms with Crippen molar-refractivity contribution >= 4 is 5.91 Å². The minimum absolute atomic E-state index is 0.245. The number of hydrogen-bond donors (Lipinski definition) is 0. The maximum absolute atomic E-state index is 11.7. The summed E-state index contributed by atoms with van der Waals surface area (Å²) in [5.74, 6) is 0.581. The Morgan fingerprint density at radius 3 is 2.35 bits per heavy atom. The van der Waals surface area contributed by atoms with E-state index in [1.807, 2.05) is 25.7 Å². The fourth-order valence-corrected chi connectivity index (χ4v) is 2.20. The molecule has 17 heavy (non-hydrogen) atoms. The molecule has 2 fully saturated rings. The minimum atomic E-state index is 0.245. The van der Waals surface area contributed by atoms with Crippen molar-refractivity contribution in [3.8, 4) is 0 Å². The molecule has 0 bridgehead atoms. The van der Waals surface area contributed by atoms with Gasteiger partial charge >= 0.3 is 0 Å². The van der Waals surface area contributed by atoms with Gasteiger partial charge < -0.3 is 9.64 Å². The van der Waals surface area contributed by atoms with Crippen molar-refractivity contribution in [1.82, 2.24) is 9.80 Å². The van der Waals surface area contributed by atoms with Gasteiger partial charge in [-0.1, -0.05) is 20.8 Å². The summed E-state index contributed by atoms with van der Waals surface area (Å²) < 4.78 is 5.29. The summed E-state index contributed by atoms with van der Waals surface area (Å²) >= 11 is 0. The van der Waals surface area contributed by atoms with Crippen molar-refractivity contribution in [2.24, 2.45) is 5.92 Å². The van der Waals surface area contributed by atoms with Crippen molar-refractivity contribution in [1.29, 1.82) is 0 Å². The summed E-state index contributed by atoms with van der Waals surface area (Å²) in [6, 6.07) is 0. The zero-order valence-electron chi connectivity index (χ0n) is 11.4. The van der Waals surface area contributed by atoms with E-state index in [0.29, 0.717) is 5.91 Å². The van der Waals surface area contributed by atoms with Crippen LogP contribution in [-0.2, 0) is 9.53 Å². The van der Waals surface area contributed by atoms with Gasteiger partial charge in [0.1, 0.15) is 0 Å². The quantitative estimate of drug-likeness (QED) is 0.746. The van der Waals surface area contributed by atoms with Gasteiger partial charge in [0.05, 0.1) is 13.2 Å². The van der Waals surface area contributed by atoms with Crippen LogP contribution in [-0.4, -0.2) is 61.6 Å². The molecule has 2 saturated heterocycles. The van der Waals surface area contributed by atoms with Crippen LogP contribution in [0.2, 0.25) is 0 Å². The Morgan fingerprint density at radius 2 is 1.82 bits per heavy atom. The van der Waals surface area contributed by atoms with Crippen LogP contribution in [0.1, 0.15) is 27.2 Å². The molecule has 0 radical (unpaired) electrons. The average molecular weight is 242 g/mol. The van der Waals surface area contributed by atoms with E-state index in [2.05, 4.69) is 4.90 Å². The summed E-state index contributed by atoms with van der Waals surface area (Å²) in [7, 11) is 0. The lowest BCUT2D eigenvalue weighted by atomic mass is 10.1. The van der Waals surface area contributed by atoms with Crippen LogP contribution in [0.4, 0.5) is 0 Å². The maximum Gasteiger partial charge on any atom is 0.225 e. The van der Waals surface area contributed by atoms with Gasteiger partial charge in [-0.15, -0.1) is 0 Å². The number of carbonyl (C=O) groups excluding carboxylic acids is 1. The van der Waals surface area contributed by atoms with Crippen molar-refractivity contribution in [3.63, 3.8) is 0 Å². The molecule has 2 heterocycles. The third kappa shape index (κ3) is 4.28. The topological polar surface area (TPSA) is 32.8 Å². The van der Waals surface area contributed by atoms with Crippen LogP contribution >= 0.6 is 0 Å². The normalized spacial score (nSPS) is 25.7. The molecule has 100 valence electrons. The van der Waals surface area contributed by atoms with E-state index in [1.165, 1.54) is 0 Å². The molecule has 4 heteroatoms. The predicted molar refractivity (Wildman–Crippen MR) is 69.0 cm³/mol. The maximum atomic E-state index is 11.7. The van der Waals surface area contributed by atoms with Crippen LogP contribution < -0.4 is 0 Å². The Morgan fingerprint density at radius 1 is 1.18 bits per heavy atom. The van der Waals surface area contributed by atoms with Crippen molar-refractivity contribution in [2.75, 3.05) is 45.9 Å². The second kappa shape index (κ2) is 7.67. The molecule has 4 nitrogen and oxygen atoms in total. The highest BCUT2D eigenvalue weighted by Crippen LogP contribution is 2.16. The number of hydrogen-bond acceptors (Lipinski definition) is 3. The van der Waals surface area contributed by atoms with E-state index in [4.69, 9.17) is 4.74 Å². The highest BCUT2D eigenvalue weighted by molar-refractivity contribution is 5.80. The monoisotopic (exact) mass is 242 g/mol. The van der Waals surface area contributed by atoms with Crippen molar-refractivity contribution < 1.29 is 9.53 Å². The van der Waals surface area contributed by atoms with Gasteiger partial charge in [-0.05, 0) is 6.42 Å². The van der Waals surface area contributed by atoms with Gasteiger partial charge in [0.15, 0.2) is 0 Å². The van der Waals surface area contributed by atoms with E-state index >= 15 is 0 Å². The first kappa shape index (κ1) is 14.5. The summed E-state index contributed by atoms with van der Waals surface area (Å²) in [5, 5.41) is 0. The third-order valence-electron chi connectivity index (χ3n) is 3.36. The molecule has 0 aromatic carbocycles. The summed E-state index contributed by atoms with van der Waals surface area (Å²) in [4.78, 5) is 16.0. The van der Waals surface area contributed by atoms with Gasteiger partial charge in [-0.3, -0.25) is 9.69 Å². The number of amides is 1. The zero-order valence-corrected chi connectivity index (χ0v) is 11.4. The summed E-state index contributed by atoms with van der Waals surface area (Å²) in [6.45, 7) is 12.6. The smallest absolute Gasteiger partial charge is 0.225 e. The molecule has 2 rings (SSSR count). The van der Waals surface area contributed by atoms with E-state index in [9.17, 15) is 4.79 Å². The number of likely N-dealkylation sites (tertiary alicyclic amines) is 1. The van der Waals surface area contributed by atoms with Crippen LogP contribution in [0.3, 0.4) is 0 Å². The van der Waals surface area contributed by atoms with Gasteiger partial charge in [-0.25, -0.2) is 0 Å². The van der Waals surface area contributed by atoms with Gasteiger partial charge in [0.2, 0.25) is 5.91 Å². The van der Waals surface area contributed by atoms with Gasteiger partial charge in [0, 0.05) is 38.6 Å². The number of rotatable bonds is 3. The number of carbonyl (C=O) groups is 1. The lowest BCUT2D eigenvalue weighted by Crippen LogP contribution is -2.42. The lowest BCUT2D eigenvalue weighted by Gasteiger charge is -2.28. The Balaban J connectivity index is 0.000000686. The third-order valence-corrected chi connectivity index (χ3v) is 3.36. The van der Waals surface area contributed by atoms with Crippen LogP contribution in [0.5, 0.6) is 0 Å². The summed E-state index contributed by atoms with van der Waals surface area (Å²) in [6.07, 6.45) is 1.03. The largest absolute Gasteiger partial charge is 0.379 e. The van der Waals surface area contributed by atoms with Gasteiger partial charge in [-0.2, -0.15) is 0 Å². The molecule has 0 spiro atoms. The zero-order chi connectivity index (χ0) is 12.7. The molecule has 1 unspecified atom stereocenters. The molecular weight excluding hydrogens is 216 g/mol. The first-order valence-electron chi connectivity index (χ1n) is 6.86.